The maximum absolute atomic E-state index is 15.0. The second kappa shape index (κ2) is 30.5. The minimum absolute atomic E-state index is 0.330. The van der Waals surface area contributed by atoms with Crippen LogP contribution in [0, 0.1) is 13.8 Å². The fourth-order valence-corrected chi connectivity index (χ4v) is 18.2. The number of aryl methyl sites for hydroxylation is 2. The summed E-state index contributed by atoms with van der Waals surface area (Å²) in [4.78, 5) is 15.0. The molecule has 344 valence electrons. The van der Waals surface area contributed by atoms with Crippen molar-refractivity contribution in [3.8, 4) is 17.2 Å². The first kappa shape index (κ1) is 52.8. The topological polar surface area (TPSA) is 44.8 Å². The molecule has 0 spiro atoms. The van der Waals surface area contributed by atoms with E-state index >= 15 is 0 Å². The molecular weight excluding hydrogens is 781 g/mol. The number of para-hydroxylation sites is 1. The Morgan fingerprint density at radius 3 is 1.26 bits per heavy atom. The summed E-state index contributed by atoms with van der Waals surface area (Å²) in [5.41, 5.74) is 2.71. The average Bonchev–Trinajstić information content (AvgIpc) is 3.26. The molecule has 0 aliphatic rings. The van der Waals surface area contributed by atoms with E-state index < -0.39 is 16.6 Å². The van der Waals surface area contributed by atoms with Crippen molar-refractivity contribution in [2.75, 3.05) is 0 Å². The van der Waals surface area contributed by atoms with E-state index in [-0.39, 0.29) is 5.97 Å². The summed E-state index contributed by atoms with van der Waals surface area (Å²) in [5.74, 6) is 1.93. The van der Waals surface area contributed by atoms with Crippen LogP contribution in [0.3, 0.4) is 0 Å². The summed E-state index contributed by atoms with van der Waals surface area (Å²) in [6.45, 7) is 18.1. The first-order chi connectivity index (χ1) is 29.7. The van der Waals surface area contributed by atoms with Crippen LogP contribution in [0.4, 0.5) is 0 Å². The number of hydrogen-bond acceptors (Lipinski definition) is 4. The number of fused-ring (bicyclic) bond motifs is 1. The van der Waals surface area contributed by atoms with Gasteiger partial charge in [0, 0.05) is 10.8 Å². The van der Waals surface area contributed by atoms with Crippen molar-refractivity contribution >= 4 is 33.4 Å². The standard InChI is InChI=1S/C55H92O4Si2/c1-9-15-21-29-39-60(40-30-22-16-10-2,41-31-23-17-11-3)58-53-46-51(55(56)57-52-36-28-27-35-48(52)8)54(49-38-37-47(7)45-50(49)53)59-61(42-32-24-18-12-4,43-33-25-19-13-5)44-34-26-20-14-6/h27-28,35-38,45-46H,9-26,29-34,39-44H2,1-8H3. The Balaban J connectivity index is 2.34. The van der Waals surface area contributed by atoms with E-state index in [0.717, 1.165) is 46.0 Å². The largest absolute Gasteiger partial charge is 0.543 e. The smallest absolute Gasteiger partial charge is 0.347 e. The first-order valence-electron chi connectivity index (χ1n) is 25.9. The van der Waals surface area contributed by atoms with Gasteiger partial charge < -0.3 is 13.6 Å². The maximum atomic E-state index is 15.0. The third-order valence-corrected chi connectivity index (χ3v) is 22.2. The fraction of sp³-hybridized carbons (Fsp3) is 0.691. The number of benzene rings is 3. The highest BCUT2D eigenvalue weighted by Crippen LogP contribution is 2.44. The normalized spacial score (nSPS) is 12.0. The van der Waals surface area contributed by atoms with Crippen molar-refractivity contribution in [3.05, 3.63) is 65.2 Å². The van der Waals surface area contributed by atoms with Gasteiger partial charge in [-0.25, -0.2) is 4.79 Å². The van der Waals surface area contributed by atoms with Crippen LogP contribution >= 0.6 is 0 Å². The number of esters is 1. The van der Waals surface area contributed by atoms with Gasteiger partial charge in [-0.2, -0.15) is 0 Å². The Morgan fingerprint density at radius 1 is 0.443 bits per heavy atom. The lowest BCUT2D eigenvalue weighted by molar-refractivity contribution is 0.0731. The first-order valence-corrected chi connectivity index (χ1v) is 31.0. The molecule has 0 atom stereocenters. The van der Waals surface area contributed by atoms with Crippen LogP contribution in [0.25, 0.3) is 10.8 Å². The lowest BCUT2D eigenvalue weighted by Gasteiger charge is -2.36. The summed E-state index contributed by atoms with van der Waals surface area (Å²) in [5, 5.41) is 2.14. The van der Waals surface area contributed by atoms with Gasteiger partial charge in [-0.05, 0) is 73.9 Å². The van der Waals surface area contributed by atoms with Gasteiger partial charge in [0.05, 0.1) is 0 Å². The quantitative estimate of drug-likeness (QED) is 0.0253. The molecule has 6 heteroatoms. The molecular formula is C55H92O4Si2. The second-order valence-corrected chi connectivity index (χ2v) is 27.0. The van der Waals surface area contributed by atoms with Gasteiger partial charge in [0.2, 0.25) is 0 Å². The van der Waals surface area contributed by atoms with Crippen LogP contribution < -0.4 is 13.6 Å². The number of rotatable bonds is 36. The van der Waals surface area contributed by atoms with Crippen LogP contribution in [-0.2, 0) is 0 Å². The zero-order chi connectivity index (χ0) is 44.2. The second-order valence-electron chi connectivity index (χ2n) is 18.9. The van der Waals surface area contributed by atoms with Crippen molar-refractivity contribution in [2.24, 2.45) is 0 Å². The highest BCUT2D eigenvalue weighted by molar-refractivity contribution is 6.75. The van der Waals surface area contributed by atoms with Gasteiger partial charge in [0.1, 0.15) is 22.8 Å². The van der Waals surface area contributed by atoms with Crippen LogP contribution in [-0.4, -0.2) is 22.6 Å². The molecule has 3 aromatic carbocycles. The molecule has 3 rings (SSSR count). The van der Waals surface area contributed by atoms with Crippen LogP contribution in [0.15, 0.2) is 48.5 Å². The van der Waals surface area contributed by atoms with Crippen LogP contribution in [0.2, 0.25) is 36.3 Å². The van der Waals surface area contributed by atoms with E-state index in [0.29, 0.717) is 11.3 Å². The number of ether oxygens (including phenoxy) is 1. The van der Waals surface area contributed by atoms with E-state index in [1.165, 1.54) is 178 Å². The summed E-state index contributed by atoms with van der Waals surface area (Å²) >= 11 is 0. The molecule has 0 unspecified atom stereocenters. The minimum atomic E-state index is -2.38. The fourth-order valence-electron chi connectivity index (χ4n) is 9.40. The average molecular weight is 874 g/mol. The van der Waals surface area contributed by atoms with E-state index in [1.54, 1.807) is 0 Å². The Kier molecular flexibility index (Phi) is 26.4. The third-order valence-electron chi connectivity index (χ3n) is 13.3. The van der Waals surface area contributed by atoms with Gasteiger partial charge in [-0.15, -0.1) is 0 Å². The lowest BCUT2D eigenvalue weighted by atomic mass is 10.0. The Hall–Kier alpha value is -2.58. The number of carbonyl (C=O) groups is 1. The van der Waals surface area contributed by atoms with E-state index in [9.17, 15) is 4.79 Å². The molecule has 0 heterocycles. The van der Waals surface area contributed by atoms with Crippen molar-refractivity contribution in [3.63, 3.8) is 0 Å². The predicted octanol–water partition coefficient (Wildman–Crippen LogP) is 18.8. The van der Waals surface area contributed by atoms with E-state index in [1.807, 2.05) is 31.2 Å². The van der Waals surface area contributed by atoms with Crippen LogP contribution in [0.5, 0.6) is 17.2 Å². The van der Waals surface area contributed by atoms with E-state index in [4.69, 9.17) is 13.6 Å². The predicted molar refractivity (Wildman–Crippen MR) is 271 cm³/mol. The van der Waals surface area contributed by atoms with Gasteiger partial charge in [0.15, 0.2) is 0 Å². The zero-order valence-electron chi connectivity index (χ0n) is 41.0. The molecule has 0 radical (unpaired) electrons. The highest BCUT2D eigenvalue weighted by atomic mass is 28.4. The summed E-state index contributed by atoms with van der Waals surface area (Å²) < 4.78 is 22.1. The molecule has 0 fully saturated rings. The Bertz CT molecular complexity index is 1570. The monoisotopic (exact) mass is 873 g/mol. The molecule has 0 aliphatic heterocycles. The highest BCUT2D eigenvalue weighted by Gasteiger charge is 2.40. The molecule has 0 saturated heterocycles. The molecule has 0 bridgehead atoms. The molecule has 3 aromatic rings. The molecule has 61 heavy (non-hydrogen) atoms. The van der Waals surface area contributed by atoms with Crippen molar-refractivity contribution in [1.82, 2.24) is 0 Å². The molecule has 0 aromatic heterocycles. The number of hydrogen-bond donors (Lipinski definition) is 0. The minimum Gasteiger partial charge on any atom is -0.543 e. The summed E-state index contributed by atoms with van der Waals surface area (Å²) in [6, 6.07) is 23.8. The zero-order valence-corrected chi connectivity index (χ0v) is 43.0. The van der Waals surface area contributed by atoms with Gasteiger partial charge in [0.25, 0.3) is 16.6 Å². The molecule has 0 saturated carbocycles. The van der Waals surface area contributed by atoms with E-state index in [2.05, 4.69) is 72.7 Å². The molecule has 0 aliphatic carbocycles. The molecule has 0 N–H and O–H groups in total. The van der Waals surface area contributed by atoms with Gasteiger partial charge >= 0.3 is 5.97 Å². The van der Waals surface area contributed by atoms with Gasteiger partial charge in [-0.3, -0.25) is 0 Å². The van der Waals surface area contributed by atoms with Gasteiger partial charge in [-0.1, -0.05) is 232 Å². The summed E-state index contributed by atoms with van der Waals surface area (Å²) in [6.07, 6.45) is 29.8. The lowest BCUT2D eigenvalue weighted by Crippen LogP contribution is -2.43. The van der Waals surface area contributed by atoms with Crippen LogP contribution in [0.1, 0.15) is 217 Å². The Labute approximate surface area is 378 Å². The van der Waals surface area contributed by atoms with Crippen molar-refractivity contribution < 1.29 is 18.4 Å². The SMILES string of the molecule is CCCCCC[Si](CCCCCC)(CCCCCC)Oc1cc(C(=O)Oc2ccccc2C)c(O[Si](CCCCCC)(CCCCCC)CCCCCC)c2ccc(C)cc12. The molecule has 4 nitrogen and oxygen atoms in total. The number of unbranched alkanes of at least 4 members (excludes halogenated alkanes) is 18. The maximum Gasteiger partial charge on any atom is 0.347 e. The third kappa shape index (κ3) is 18.6. The summed E-state index contributed by atoms with van der Waals surface area (Å²) in [7, 11) is -4.67. The Morgan fingerprint density at radius 2 is 0.852 bits per heavy atom. The molecule has 0 amide bonds. The number of carbonyl (C=O) groups excluding carboxylic acids is 1. The van der Waals surface area contributed by atoms with Crippen molar-refractivity contribution in [2.45, 2.75) is 246 Å². The van der Waals surface area contributed by atoms with Crippen molar-refractivity contribution in [1.29, 1.82) is 0 Å².